The molecule has 16 heavy (non-hydrogen) atoms. The molecule has 84 valence electrons. The predicted molar refractivity (Wildman–Crippen MR) is 68.2 cm³/mol. The van der Waals surface area contributed by atoms with Crippen molar-refractivity contribution in [1.29, 1.82) is 0 Å². The summed E-state index contributed by atoms with van der Waals surface area (Å²) in [6.45, 7) is 6.98. The SMILES string of the molecule is CC(C)(C)c1ccc(C=CCN=[N+]=[N-])cc1. The molecule has 0 spiro atoms. The van der Waals surface area contributed by atoms with E-state index < -0.39 is 0 Å². The quantitative estimate of drug-likeness (QED) is 0.410. The maximum absolute atomic E-state index is 8.11. The van der Waals surface area contributed by atoms with Crippen LogP contribution < -0.4 is 0 Å². The zero-order chi connectivity index (χ0) is 12.0. The number of hydrogen-bond acceptors (Lipinski definition) is 1. The van der Waals surface area contributed by atoms with Gasteiger partial charge in [-0.05, 0) is 22.1 Å². The first-order valence-electron chi connectivity index (χ1n) is 5.32. The van der Waals surface area contributed by atoms with Crippen molar-refractivity contribution in [3.8, 4) is 0 Å². The molecule has 0 heterocycles. The van der Waals surface area contributed by atoms with E-state index in [1.165, 1.54) is 5.56 Å². The van der Waals surface area contributed by atoms with E-state index in [4.69, 9.17) is 5.53 Å². The molecule has 0 bridgehead atoms. The number of rotatable bonds is 3. The average molecular weight is 215 g/mol. The van der Waals surface area contributed by atoms with Crippen LogP contribution in [0.2, 0.25) is 0 Å². The fraction of sp³-hybridized carbons (Fsp3) is 0.385. The van der Waals surface area contributed by atoms with Gasteiger partial charge in [0, 0.05) is 11.5 Å². The number of benzene rings is 1. The van der Waals surface area contributed by atoms with Crippen LogP contribution in [0.25, 0.3) is 16.5 Å². The van der Waals surface area contributed by atoms with E-state index in [0.29, 0.717) is 6.54 Å². The first kappa shape index (κ1) is 12.3. The minimum Gasteiger partial charge on any atom is -0.0899 e. The lowest BCUT2D eigenvalue weighted by atomic mass is 9.87. The molecular weight excluding hydrogens is 198 g/mol. The minimum absolute atomic E-state index is 0.188. The fourth-order valence-corrected chi connectivity index (χ4v) is 1.37. The van der Waals surface area contributed by atoms with Crippen LogP contribution in [0.15, 0.2) is 35.5 Å². The largest absolute Gasteiger partial charge is 0.0899 e. The summed E-state index contributed by atoms with van der Waals surface area (Å²) in [6, 6.07) is 8.42. The van der Waals surface area contributed by atoms with E-state index in [1.54, 1.807) is 0 Å². The van der Waals surface area contributed by atoms with Gasteiger partial charge in [0.2, 0.25) is 0 Å². The highest BCUT2D eigenvalue weighted by Crippen LogP contribution is 2.22. The molecule has 1 aromatic rings. The average Bonchev–Trinajstić information content (AvgIpc) is 2.24. The van der Waals surface area contributed by atoms with Gasteiger partial charge in [-0.1, -0.05) is 62.3 Å². The van der Waals surface area contributed by atoms with Crippen LogP contribution in [-0.2, 0) is 5.41 Å². The molecule has 0 aliphatic carbocycles. The molecule has 0 saturated carbocycles. The summed E-state index contributed by atoms with van der Waals surface area (Å²) in [5, 5.41) is 3.44. The smallest absolute Gasteiger partial charge is 0.0443 e. The molecule has 0 radical (unpaired) electrons. The second-order valence-corrected chi connectivity index (χ2v) is 4.69. The highest BCUT2D eigenvalue weighted by molar-refractivity contribution is 5.50. The molecule has 0 saturated heterocycles. The predicted octanol–water partition coefficient (Wildman–Crippen LogP) is 4.31. The molecule has 0 aromatic heterocycles. The van der Waals surface area contributed by atoms with Gasteiger partial charge in [0.25, 0.3) is 0 Å². The van der Waals surface area contributed by atoms with E-state index in [9.17, 15) is 0 Å². The molecule has 0 amide bonds. The molecule has 0 atom stereocenters. The monoisotopic (exact) mass is 215 g/mol. The Hall–Kier alpha value is -1.73. The second-order valence-electron chi connectivity index (χ2n) is 4.69. The summed E-state index contributed by atoms with van der Waals surface area (Å²) in [4.78, 5) is 2.69. The summed E-state index contributed by atoms with van der Waals surface area (Å²) in [6.07, 6.45) is 3.81. The summed E-state index contributed by atoms with van der Waals surface area (Å²) in [5.74, 6) is 0. The third-order valence-electron chi connectivity index (χ3n) is 2.34. The van der Waals surface area contributed by atoms with Crippen molar-refractivity contribution in [1.82, 2.24) is 0 Å². The third-order valence-corrected chi connectivity index (χ3v) is 2.34. The molecule has 0 unspecified atom stereocenters. The van der Waals surface area contributed by atoms with Crippen LogP contribution in [0, 0.1) is 0 Å². The van der Waals surface area contributed by atoms with Crippen molar-refractivity contribution < 1.29 is 0 Å². The van der Waals surface area contributed by atoms with Crippen LogP contribution in [0.4, 0.5) is 0 Å². The Labute approximate surface area is 96.4 Å². The fourth-order valence-electron chi connectivity index (χ4n) is 1.37. The Bertz CT molecular complexity index is 404. The first-order chi connectivity index (χ1) is 7.54. The van der Waals surface area contributed by atoms with E-state index in [-0.39, 0.29) is 5.41 Å². The molecule has 3 nitrogen and oxygen atoms in total. The lowest BCUT2D eigenvalue weighted by Gasteiger charge is -2.18. The lowest BCUT2D eigenvalue weighted by Crippen LogP contribution is -2.10. The zero-order valence-corrected chi connectivity index (χ0v) is 10.0. The van der Waals surface area contributed by atoms with E-state index >= 15 is 0 Å². The Morgan fingerprint density at radius 1 is 1.25 bits per heavy atom. The zero-order valence-electron chi connectivity index (χ0n) is 10.0. The van der Waals surface area contributed by atoms with Gasteiger partial charge in [0.15, 0.2) is 0 Å². The summed E-state index contributed by atoms with van der Waals surface area (Å²) < 4.78 is 0. The summed E-state index contributed by atoms with van der Waals surface area (Å²) >= 11 is 0. The van der Waals surface area contributed by atoms with Crippen molar-refractivity contribution in [3.05, 3.63) is 51.9 Å². The molecule has 1 aromatic carbocycles. The van der Waals surface area contributed by atoms with Crippen molar-refractivity contribution >= 4 is 6.08 Å². The van der Waals surface area contributed by atoms with Gasteiger partial charge in [-0.2, -0.15) is 0 Å². The number of hydrogen-bond donors (Lipinski definition) is 0. The Morgan fingerprint density at radius 3 is 2.38 bits per heavy atom. The Morgan fingerprint density at radius 2 is 1.88 bits per heavy atom. The highest BCUT2D eigenvalue weighted by Gasteiger charge is 2.12. The second kappa shape index (κ2) is 5.38. The standard InChI is InChI=1S/C13H17N3/c1-13(2,3)12-8-6-11(7-9-12)5-4-10-15-16-14/h4-9H,10H2,1-3H3. The van der Waals surface area contributed by atoms with Crippen molar-refractivity contribution in [2.24, 2.45) is 5.11 Å². The molecule has 1 rings (SSSR count). The van der Waals surface area contributed by atoms with Crippen LogP contribution >= 0.6 is 0 Å². The van der Waals surface area contributed by atoms with Gasteiger partial charge in [-0.3, -0.25) is 0 Å². The highest BCUT2D eigenvalue weighted by atomic mass is 15.1. The van der Waals surface area contributed by atoms with Crippen LogP contribution in [0.1, 0.15) is 31.9 Å². The molecular formula is C13H17N3. The van der Waals surface area contributed by atoms with Gasteiger partial charge in [0.1, 0.15) is 0 Å². The molecule has 0 N–H and O–H groups in total. The first-order valence-corrected chi connectivity index (χ1v) is 5.32. The molecule has 0 aliphatic heterocycles. The molecule has 0 aliphatic rings. The van der Waals surface area contributed by atoms with Gasteiger partial charge >= 0.3 is 0 Å². The summed E-state index contributed by atoms with van der Waals surface area (Å²) in [7, 11) is 0. The van der Waals surface area contributed by atoms with Gasteiger partial charge in [-0.25, -0.2) is 0 Å². The van der Waals surface area contributed by atoms with E-state index in [1.807, 2.05) is 12.2 Å². The van der Waals surface area contributed by atoms with E-state index in [0.717, 1.165) is 5.56 Å². The Kier molecular flexibility index (Phi) is 4.15. The van der Waals surface area contributed by atoms with Gasteiger partial charge < -0.3 is 0 Å². The van der Waals surface area contributed by atoms with Crippen LogP contribution in [0.3, 0.4) is 0 Å². The van der Waals surface area contributed by atoms with Gasteiger partial charge in [-0.15, -0.1) is 0 Å². The molecule has 3 heteroatoms. The summed E-state index contributed by atoms with van der Waals surface area (Å²) in [5.41, 5.74) is 10.7. The van der Waals surface area contributed by atoms with Crippen molar-refractivity contribution in [2.45, 2.75) is 26.2 Å². The maximum atomic E-state index is 8.11. The number of nitrogens with zero attached hydrogens (tertiary/aromatic N) is 3. The number of azide groups is 1. The van der Waals surface area contributed by atoms with Crippen molar-refractivity contribution in [2.75, 3.05) is 6.54 Å². The molecule has 0 fully saturated rings. The van der Waals surface area contributed by atoms with E-state index in [2.05, 4.69) is 55.1 Å². The Balaban J connectivity index is 2.72. The normalized spacial score (nSPS) is 11.4. The maximum Gasteiger partial charge on any atom is 0.0443 e. The van der Waals surface area contributed by atoms with Crippen LogP contribution in [-0.4, -0.2) is 6.54 Å². The topological polar surface area (TPSA) is 48.8 Å². The van der Waals surface area contributed by atoms with Crippen LogP contribution in [0.5, 0.6) is 0 Å². The lowest BCUT2D eigenvalue weighted by molar-refractivity contribution is 0.590. The van der Waals surface area contributed by atoms with Crippen molar-refractivity contribution in [3.63, 3.8) is 0 Å². The minimum atomic E-state index is 0.188. The van der Waals surface area contributed by atoms with Gasteiger partial charge in [0.05, 0.1) is 0 Å². The third kappa shape index (κ3) is 3.79.